The maximum atomic E-state index is 5.66. The van der Waals surface area contributed by atoms with E-state index in [1.807, 2.05) is 30.3 Å². The number of aromatic amines is 1. The van der Waals surface area contributed by atoms with E-state index in [1.165, 1.54) is 0 Å². The van der Waals surface area contributed by atoms with Crippen molar-refractivity contribution in [2.24, 2.45) is 0 Å². The van der Waals surface area contributed by atoms with Gasteiger partial charge in [-0.25, -0.2) is 0 Å². The highest BCUT2D eigenvalue weighted by atomic mass is 16.5. The van der Waals surface area contributed by atoms with Crippen LogP contribution in [0.25, 0.3) is 11.6 Å². The predicted molar refractivity (Wildman–Crippen MR) is 93.6 cm³/mol. The maximum absolute atomic E-state index is 5.66. The van der Waals surface area contributed by atoms with Crippen LogP contribution in [0.1, 0.15) is 29.4 Å². The molecule has 3 aromatic rings. The summed E-state index contributed by atoms with van der Waals surface area (Å²) in [5.41, 5.74) is 2.78. The van der Waals surface area contributed by atoms with E-state index < -0.39 is 0 Å². The van der Waals surface area contributed by atoms with E-state index >= 15 is 0 Å². The summed E-state index contributed by atoms with van der Waals surface area (Å²) in [5, 5.41) is 14.7. The molecule has 2 aromatic heterocycles. The quantitative estimate of drug-likeness (QED) is 0.671. The molecule has 0 saturated carbocycles. The Labute approximate surface area is 150 Å². The SMILES string of the molecule is COc1cccc(COCc2noc(-c3cc(C4CCNC4)[nH]n3)n2)c1. The van der Waals surface area contributed by atoms with Crippen molar-refractivity contribution in [2.75, 3.05) is 20.2 Å². The first-order chi connectivity index (χ1) is 12.8. The molecule has 0 bridgehead atoms. The minimum absolute atomic E-state index is 0.268. The Hall–Kier alpha value is -2.71. The standard InChI is InChI=1S/C18H21N5O3/c1-24-14-4-2-3-12(7-14)10-25-11-17-20-18(26-23-17)16-8-15(21-22-16)13-5-6-19-9-13/h2-4,7-8,13,19H,5-6,9-11H2,1H3,(H,21,22). The number of aromatic nitrogens is 4. The van der Waals surface area contributed by atoms with Gasteiger partial charge in [-0.1, -0.05) is 17.3 Å². The fourth-order valence-corrected chi connectivity index (χ4v) is 3.01. The van der Waals surface area contributed by atoms with Gasteiger partial charge in [-0.15, -0.1) is 0 Å². The van der Waals surface area contributed by atoms with Gasteiger partial charge in [0.05, 0.1) is 13.7 Å². The zero-order valence-corrected chi connectivity index (χ0v) is 14.6. The molecule has 4 rings (SSSR count). The lowest BCUT2D eigenvalue weighted by atomic mass is 10.1. The molecular formula is C18H21N5O3. The number of nitrogens with zero attached hydrogens (tertiary/aromatic N) is 3. The van der Waals surface area contributed by atoms with Crippen molar-refractivity contribution in [3.05, 3.63) is 47.4 Å². The van der Waals surface area contributed by atoms with E-state index in [-0.39, 0.29) is 6.61 Å². The van der Waals surface area contributed by atoms with Gasteiger partial charge in [-0.05, 0) is 36.7 Å². The fourth-order valence-electron chi connectivity index (χ4n) is 3.01. The average molecular weight is 355 g/mol. The molecular weight excluding hydrogens is 334 g/mol. The minimum Gasteiger partial charge on any atom is -0.497 e. The van der Waals surface area contributed by atoms with E-state index in [9.17, 15) is 0 Å². The van der Waals surface area contributed by atoms with Gasteiger partial charge < -0.3 is 19.3 Å². The first-order valence-electron chi connectivity index (χ1n) is 8.61. The summed E-state index contributed by atoms with van der Waals surface area (Å²) in [4.78, 5) is 4.36. The lowest BCUT2D eigenvalue weighted by Crippen LogP contribution is -2.08. The number of nitrogens with one attached hydrogen (secondary N) is 2. The summed E-state index contributed by atoms with van der Waals surface area (Å²) in [5.74, 6) is 2.16. The highest BCUT2D eigenvalue weighted by Crippen LogP contribution is 2.24. The molecule has 1 atom stereocenters. The number of hydrogen-bond donors (Lipinski definition) is 2. The van der Waals surface area contributed by atoms with Crippen LogP contribution in [0, 0.1) is 0 Å². The molecule has 2 N–H and O–H groups in total. The summed E-state index contributed by atoms with van der Waals surface area (Å²) in [7, 11) is 1.64. The second kappa shape index (κ2) is 7.67. The van der Waals surface area contributed by atoms with Crippen LogP contribution >= 0.6 is 0 Å². The van der Waals surface area contributed by atoms with Crippen LogP contribution in [-0.4, -0.2) is 40.5 Å². The van der Waals surface area contributed by atoms with Gasteiger partial charge in [0.25, 0.3) is 5.89 Å². The fraction of sp³-hybridized carbons (Fsp3) is 0.389. The third-order valence-corrected chi connectivity index (χ3v) is 4.42. The Balaban J connectivity index is 1.34. The third-order valence-electron chi connectivity index (χ3n) is 4.42. The summed E-state index contributed by atoms with van der Waals surface area (Å²) >= 11 is 0. The van der Waals surface area contributed by atoms with Gasteiger partial charge in [0.2, 0.25) is 0 Å². The zero-order valence-electron chi connectivity index (χ0n) is 14.6. The van der Waals surface area contributed by atoms with Crippen molar-refractivity contribution in [2.45, 2.75) is 25.6 Å². The minimum atomic E-state index is 0.268. The highest BCUT2D eigenvalue weighted by Gasteiger charge is 2.20. The van der Waals surface area contributed by atoms with E-state index in [0.717, 1.165) is 36.5 Å². The predicted octanol–water partition coefficient (Wildman–Crippen LogP) is 2.26. The second-order valence-electron chi connectivity index (χ2n) is 6.26. The number of benzene rings is 1. The van der Waals surface area contributed by atoms with Crippen molar-refractivity contribution >= 4 is 0 Å². The van der Waals surface area contributed by atoms with Gasteiger partial charge in [-0.3, -0.25) is 5.10 Å². The van der Waals surface area contributed by atoms with Gasteiger partial charge in [0, 0.05) is 18.2 Å². The molecule has 0 radical (unpaired) electrons. The molecule has 1 saturated heterocycles. The van der Waals surface area contributed by atoms with Crippen molar-refractivity contribution in [3.63, 3.8) is 0 Å². The monoisotopic (exact) mass is 355 g/mol. The molecule has 8 nitrogen and oxygen atoms in total. The molecule has 136 valence electrons. The second-order valence-corrected chi connectivity index (χ2v) is 6.26. The van der Waals surface area contributed by atoms with Gasteiger partial charge in [-0.2, -0.15) is 10.1 Å². The number of H-pyrrole nitrogens is 1. The average Bonchev–Trinajstić information content (AvgIpc) is 3.41. The summed E-state index contributed by atoms with van der Waals surface area (Å²) < 4.78 is 16.2. The van der Waals surface area contributed by atoms with Crippen LogP contribution in [-0.2, 0) is 18.0 Å². The molecule has 3 heterocycles. The number of methoxy groups -OCH3 is 1. The van der Waals surface area contributed by atoms with Crippen molar-refractivity contribution in [1.82, 2.24) is 25.7 Å². The van der Waals surface area contributed by atoms with Crippen molar-refractivity contribution in [1.29, 1.82) is 0 Å². The molecule has 8 heteroatoms. The molecule has 0 aliphatic carbocycles. The van der Waals surface area contributed by atoms with Crippen LogP contribution in [0.3, 0.4) is 0 Å². The molecule has 1 aliphatic heterocycles. The molecule has 1 aromatic carbocycles. The summed E-state index contributed by atoms with van der Waals surface area (Å²) in [6.07, 6.45) is 1.11. The molecule has 1 fully saturated rings. The highest BCUT2D eigenvalue weighted by molar-refractivity contribution is 5.47. The first kappa shape index (κ1) is 16.7. The molecule has 0 amide bonds. The van der Waals surface area contributed by atoms with Crippen molar-refractivity contribution < 1.29 is 14.0 Å². The molecule has 1 unspecified atom stereocenters. The third kappa shape index (κ3) is 3.76. The van der Waals surface area contributed by atoms with Crippen LogP contribution in [0.4, 0.5) is 0 Å². The van der Waals surface area contributed by atoms with Gasteiger partial charge in [0.1, 0.15) is 12.4 Å². The number of rotatable bonds is 7. The number of ether oxygens (including phenoxy) is 2. The Morgan fingerprint density at radius 1 is 1.27 bits per heavy atom. The van der Waals surface area contributed by atoms with Gasteiger partial charge in [0.15, 0.2) is 11.5 Å². The first-order valence-corrected chi connectivity index (χ1v) is 8.61. The molecule has 0 spiro atoms. The van der Waals surface area contributed by atoms with Crippen LogP contribution in [0.5, 0.6) is 5.75 Å². The molecule has 26 heavy (non-hydrogen) atoms. The Morgan fingerprint density at radius 2 is 2.23 bits per heavy atom. The number of hydrogen-bond acceptors (Lipinski definition) is 7. The smallest absolute Gasteiger partial charge is 0.278 e. The molecule has 1 aliphatic rings. The Morgan fingerprint density at radius 3 is 3.08 bits per heavy atom. The Kier molecular flexibility index (Phi) is 4.94. The van der Waals surface area contributed by atoms with E-state index in [0.29, 0.717) is 29.9 Å². The zero-order chi connectivity index (χ0) is 17.8. The van der Waals surface area contributed by atoms with E-state index in [4.69, 9.17) is 14.0 Å². The largest absolute Gasteiger partial charge is 0.497 e. The van der Waals surface area contributed by atoms with Crippen LogP contribution in [0.2, 0.25) is 0 Å². The lowest BCUT2D eigenvalue weighted by molar-refractivity contribution is 0.0998. The van der Waals surface area contributed by atoms with Crippen LogP contribution in [0.15, 0.2) is 34.9 Å². The van der Waals surface area contributed by atoms with E-state index in [1.54, 1.807) is 7.11 Å². The normalized spacial score (nSPS) is 16.9. The van der Waals surface area contributed by atoms with Crippen molar-refractivity contribution in [3.8, 4) is 17.3 Å². The Bertz CT molecular complexity index is 854. The maximum Gasteiger partial charge on any atom is 0.278 e. The summed E-state index contributed by atoms with van der Waals surface area (Å²) in [6, 6.07) is 9.72. The van der Waals surface area contributed by atoms with Crippen LogP contribution < -0.4 is 10.1 Å². The van der Waals surface area contributed by atoms with E-state index in [2.05, 4.69) is 25.7 Å². The summed E-state index contributed by atoms with van der Waals surface area (Å²) in [6.45, 7) is 2.72. The topological polar surface area (TPSA) is 98.1 Å². The van der Waals surface area contributed by atoms with Gasteiger partial charge >= 0.3 is 0 Å². The lowest BCUT2D eigenvalue weighted by Gasteiger charge is -2.04.